The van der Waals surface area contributed by atoms with Crippen molar-refractivity contribution in [2.75, 3.05) is 0 Å². The summed E-state index contributed by atoms with van der Waals surface area (Å²) in [5, 5.41) is 15.1. The van der Waals surface area contributed by atoms with E-state index in [9.17, 15) is 4.79 Å². The van der Waals surface area contributed by atoms with Gasteiger partial charge in [-0.05, 0) is 32.8 Å². The summed E-state index contributed by atoms with van der Waals surface area (Å²) in [6.07, 6.45) is 2.38. The highest BCUT2D eigenvalue weighted by Crippen LogP contribution is 2.18. The molecular weight excluding hydrogens is 334 g/mol. The highest BCUT2D eigenvalue weighted by atomic mass is 16.4. The van der Waals surface area contributed by atoms with Crippen molar-refractivity contribution in [3.63, 3.8) is 0 Å². The summed E-state index contributed by atoms with van der Waals surface area (Å²) in [4.78, 5) is 20.8. The molecule has 3 rings (SSSR count). The molecule has 3 heterocycles. The van der Waals surface area contributed by atoms with Crippen molar-refractivity contribution in [3.05, 3.63) is 35.1 Å². The van der Waals surface area contributed by atoms with E-state index in [2.05, 4.69) is 30.6 Å². The van der Waals surface area contributed by atoms with E-state index < -0.39 is 0 Å². The molecule has 0 aliphatic rings. The second-order valence-electron chi connectivity index (χ2n) is 6.66. The van der Waals surface area contributed by atoms with Gasteiger partial charge >= 0.3 is 0 Å². The quantitative estimate of drug-likeness (QED) is 0.718. The van der Waals surface area contributed by atoms with Gasteiger partial charge in [0.2, 0.25) is 17.7 Å². The number of nitrogens with one attached hydrogen (secondary N) is 1. The summed E-state index contributed by atoms with van der Waals surface area (Å²) in [6, 6.07) is -0.333. The molecule has 0 aliphatic carbocycles. The van der Waals surface area contributed by atoms with Crippen LogP contribution >= 0.6 is 0 Å². The Labute approximate surface area is 151 Å². The van der Waals surface area contributed by atoms with Gasteiger partial charge in [0.25, 0.3) is 5.78 Å². The van der Waals surface area contributed by atoms with E-state index in [1.807, 2.05) is 34.6 Å². The number of fused-ring (bicyclic) bond motifs is 1. The lowest BCUT2D eigenvalue weighted by Gasteiger charge is -2.12. The zero-order chi connectivity index (χ0) is 18.8. The lowest BCUT2D eigenvalue weighted by molar-refractivity contribution is -0.121. The fourth-order valence-corrected chi connectivity index (χ4v) is 2.79. The zero-order valence-electron chi connectivity index (χ0n) is 15.6. The number of aromatic nitrogens is 6. The molecule has 0 saturated heterocycles. The van der Waals surface area contributed by atoms with Gasteiger partial charge < -0.3 is 9.73 Å². The summed E-state index contributed by atoms with van der Waals surface area (Å²) < 4.78 is 7.27. The number of carbonyl (C=O) groups excluding carboxylic acids is 1. The Balaban J connectivity index is 1.63. The fourth-order valence-electron chi connectivity index (χ4n) is 2.79. The first-order valence-corrected chi connectivity index (χ1v) is 8.65. The van der Waals surface area contributed by atoms with Gasteiger partial charge in [-0.1, -0.05) is 13.8 Å². The molecule has 9 nitrogen and oxygen atoms in total. The van der Waals surface area contributed by atoms with Crippen LogP contribution in [0.25, 0.3) is 5.78 Å². The fraction of sp³-hybridized carbons (Fsp3) is 0.529. The largest absolute Gasteiger partial charge is 0.423 e. The van der Waals surface area contributed by atoms with Gasteiger partial charge in [0, 0.05) is 23.7 Å². The van der Waals surface area contributed by atoms with Crippen LogP contribution in [0.4, 0.5) is 0 Å². The van der Waals surface area contributed by atoms with Crippen molar-refractivity contribution < 1.29 is 9.21 Å². The molecule has 26 heavy (non-hydrogen) atoms. The molecule has 0 spiro atoms. The Morgan fingerprint density at radius 1 is 1.23 bits per heavy atom. The first kappa shape index (κ1) is 18.0. The van der Waals surface area contributed by atoms with Crippen LogP contribution in [0, 0.1) is 13.8 Å². The van der Waals surface area contributed by atoms with Crippen molar-refractivity contribution in [1.29, 1.82) is 0 Å². The van der Waals surface area contributed by atoms with E-state index in [4.69, 9.17) is 4.42 Å². The maximum absolute atomic E-state index is 12.3. The highest BCUT2D eigenvalue weighted by molar-refractivity contribution is 5.76. The molecule has 0 fully saturated rings. The molecule has 1 amide bonds. The monoisotopic (exact) mass is 357 g/mol. The summed E-state index contributed by atoms with van der Waals surface area (Å²) in [5.41, 5.74) is 2.82. The third kappa shape index (κ3) is 3.56. The van der Waals surface area contributed by atoms with Gasteiger partial charge in [-0.15, -0.1) is 10.2 Å². The molecule has 0 saturated carbocycles. The topological polar surface area (TPSA) is 111 Å². The third-order valence-corrected chi connectivity index (χ3v) is 4.29. The molecule has 0 bridgehead atoms. The second kappa shape index (κ2) is 7.19. The summed E-state index contributed by atoms with van der Waals surface area (Å²) in [5.74, 6) is 1.63. The minimum Gasteiger partial charge on any atom is -0.423 e. The first-order chi connectivity index (χ1) is 12.4. The van der Waals surface area contributed by atoms with Crippen molar-refractivity contribution >= 4 is 11.7 Å². The molecule has 1 N–H and O–H groups in total. The highest BCUT2D eigenvalue weighted by Gasteiger charge is 2.18. The number of carbonyl (C=O) groups is 1. The summed E-state index contributed by atoms with van der Waals surface area (Å²) >= 11 is 0. The Kier molecular flexibility index (Phi) is 4.97. The van der Waals surface area contributed by atoms with Crippen LogP contribution in [0.3, 0.4) is 0 Å². The Hall–Kier alpha value is -2.84. The molecule has 1 atom stereocenters. The van der Waals surface area contributed by atoms with Crippen LogP contribution in [0.15, 0.2) is 10.7 Å². The van der Waals surface area contributed by atoms with Gasteiger partial charge in [-0.3, -0.25) is 4.79 Å². The van der Waals surface area contributed by atoms with Crippen molar-refractivity contribution in [3.8, 4) is 0 Å². The Morgan fingerprint density at radius 3 is 2.65 bits per heavy atom. The molecule has 138 valence electrons. The van der Waals surface area contributed by atoms with Crippen LogP contribution in [0.2, 0.25) is 0 Å². The normalized spacial score (nSPS) is 12.7. The van der Waals surface area contributed by atoms with Crippen molar-refractivity contribution in [2.24, 2.45) is 0 Å². The van der Waals surface area contributed by atoms with Crippen LogP contribution in [-0.2, 0) is 11.2 Å². The predicted molar refractivity (Wildman–Crippen MR) is 93.5 cm³/mol. The average molecular weight is 357 g/mol. The number of aryl methyl sites for hydroxylation is 2. The Bertz CT molecular complexity index is 928. The second-order valence-corrected chi connectivity index (χ2v) is 6.66. The third-order valence-electron chi connectivity index (χ3n) is 4.29. The number of hydrogen-bond donors (Lipinski definition) is 1. The van der Waals surface area contributed by atoms with Gasteiger partial charge in [0.1, 0.15) is 12.4 Å². The van der Waals surface area contributed by atoms with Crippen LogP contribution < -0.4 is 5.32 Å². The van der Waals surface area contributed by atoms with E-state index in [1.165, 1.54) is 6.33 Å². The van der Waals surface area contributed by atoms with Crippen LogP contribution in [0.5, 0.6) is 0 Å². The molecule has 0 unspecified atom stereocenters. The summed E-state index contributed by atoms with van der Waals surface area (Å²) in [7, 11) is 0. The molecule has 0 aliphatic heterocycles. The van der Waals surface area contributed by atoms with Gasteiger partial charge in [-0.2, -0.15) is 10.1 Å². The minimum absolute atomic E-state index is 0.0840. The van der Waals surface area contributed by atoms with Crippen LogP contribution in [0.1, 0.15) is 67.9 Å². The number of rotatable bonds is 6. The van der Waals surface area contributed by atoms with E-state index in [0.717, 1.165) is 17.0 Å². The van der Waals surface area contributed by atoms with Crippen LogP contribution in [-0.4, -0.2) is 35.7 Å². The smallest absolute Gasteiger partial charge is 0.252 e. The maximum atomic E-state index is 12.3. The lowest BCUT2D eigenvalue weighted by Crippen LogP contribution is -2.27. The van der Waals surface area contributed by atoms with E-state index >= 15 is 0 Å². The Morgan fingerprint density at radius 2 is 1.96 bits per heavy atom. The molecule has 0 aromatic carbocycles. The standard InChI is InChI=1S/C17H23N7O2/c1-9(2)15-22-23-16(26-15)11(4)20-14(25)7-6-13-10(3)21-17-18-8-19-24(17)12(13)5/h8-9,11H,6-7H2,1-5H3,(H,20,25)/t11-/m1/s1. The number of amides is 1. The van der Waals surface area contributed by atoms with Gasteiger partial charge in [0.15, 0.2) is 0 Å². The van der Waals surface area contributed by atoms with Gasteiger partial charge in [0.05, 0.1) is 0 Å². The molecule has 0 radical (unpaired) electrons. The number of nitrogens with zero attached hydrogens (tertiary/aromatic N) is 6. The lowest BCUT2D eigenvalue weighted by atomic mass is 10.1. The summed E-state index contributed by atoms with van der Waals surface area (Å²) in [6.45, 7) is 9.66. The maximum Gasteiger partial charge on any atom is 0.252 e. The van der Waals surface area contributed by atoms with E-state index in [-0.39, 0.29) is 17.9 Å². The minimum atomic E-state index is -0.333. The van der Waals surface area contributed by atoms with Crippen molar-refractivity contribution in [1.82, 2.24) is 35.1 Å². The average Bonchev–Trinajstić information content (AvgIpc) is 3.23. The molecule has 3 aromatic rings. The SMILES string of the molecule is Cc1nc2ncnn2c(C)c1CCC(=O)N[C@H](C)c1nnc(C(C)C)o1. The zero-order valence-corrected chi connectivity index (χ0v) is 15.6. The number of hydrogen-bond acceptors (Lipinski definition) is 7. The van der Waals surface area contributed by atoms with E-state index in [0.29, 0.717) is 30.4 Å². The molecule has 9 heteroatoms. The van der Waals surface area contributed by atoms with E-state index in [1.54, 1.807) is 4.52 Å². The molecular formula is C17H23N7O2. The first-order valence-electron chi connectivity index (χ1n) is 8.65. The predicted octanol–water partition coefficient (Wildman–Crippen LogP) is 2.06. The molecule has 3 aromatic heterocycles. The van der Waals surface area contributed by atoms with Gasteiger partial charge in [-0.25, -0.2) is 9.50 Å². The van der Waals surface area contributed by atoms with Crippen molar-refractivity contribution in [2.45, 2.75) is 59.4 Å².